The van der Waals surface area contributed by atoms with E-state index in [1.807, 2.05) is 5.32 Å². The van der Waals surface area contributed by atoms with Crippen LogP contribution in [0.2, 0.25) is 0 Å². The highest BCUT2D eigenvalue weighted by atomic mass is 16.5. The molecule has 0 heterocycles. The summed E-state index contributed by atoms with van der Waals surface area (Å²) in [5, 5.41) is 19.5. The molecule has 1 amide bonds. The summed E-state index contributed by atoms with van der Waals surface area (Å²) in [4.78, 5) is 11.1. The minimum atomic E-state index is -0.646. The molecule has 0 aromatic heterocycles. The van der Waals surface area contributed by atoms with Gasteiger partial charge in [0.25, 0.3) is 5.91 Å². The predicted molar refractivity (Wildman–Crippen MR) is 47.7 cm³/mol. The van der Waals surface area contributed by atoms with Crippen LogP contribution < -0.4 is 10.1 Å². The summed E-state index contributed by atoms with van der Waals surface area (Å²) < 4.78 is 4.83. The molecule has 0 atom stereocenters. The second-order valence-electron chi connectivity index (χ2n) is 2.45. The van der Waals surface area contributed by atoms with Crippen molar-refractivity contribution >= 4 is 5.91 Å². The molecule has 0 aliphatic carbocycles. The molecule has 0 spiro atoms. The number of methoxy groups -OCH3 is 1. The number of nitrogens with zero attached hydrogens (tertiary/aromatic N) is 1. The SMILES string of the molecule is COc1ccc(C(=O)NC#N)c(O)c1. The number of phenols is 1. The second-order valence-corrected chi connectivity index (χ2v) is 2.45. The van der Waals surface area contributed by atoms with Crippen LogP contribution in [-0.4, -0.2) is 18.1 Å². The van der Waals surface area contributed by atoms with Crippen LogP contribution in [0, 0.1) is 11.5 Å². The smallest absolute Gasteiger partial charge is 0.268 e. The first-order valence-electron chi connectivity index (χ1n) is 3.75. The molecule has 0 unspecified atom stereocenters. The van der Waals surface area contributed by atoms with E-state index in [0.29, 0.717) is 5.75 Å². The predicted octanol–water partition coefficient (Wildman–Crippen LogP) is 0.612. The van der Waals surface area contributed by atoms with Gasteiger partial charge < -0.3 is 9.84 Å². The summed E-state index contributed by atoms with van der Waals surface area (Å²) in [6.07, 6.45) is 1.48. The van der Waals surface area contributed by atoms with Gasteiger partial charge in [0.15, 0.2) is 6.19 Å². The standard InChI is InChI=1S/C9H8N2O3/c1-14-6-2-3-7(8(12)4-6)9(13)11-5-10/h2-4,12H,1H3,(H,11,13). The minimum Gasteiger partial charge on any atom is -0.507 e. The lowest BCUT2D eigenvalue weighted by atomic mass is 10.2. The number of nitriles is 1. The lowest BCUT2D eigenvalue weighted by Gasteiger charge is -2.04. The van der Waals surface area contributed by atoms with Crippen molar-refractivity contribution < 1.29 is 14.6 Å². The first-order chi connectivity index (χ1) is 6.69. The lowest BCUT2D eigenvalue weighted by molar-refractivity contribution is 0.0970. The Balaban J connectivity index is 3.01. The molecule has 0 fully saturated rings. The Hall–Kier alpha value is -2.22. The van der Waals surface area contributed by atoms with E-state index < -0.39 is 5.91 Å². The molecule has 0 bridgehead atoms. The van der Waals surface area contributed by atoms with Gasteiger partial charge in [-0.1, -0.05) is 0 Å². The number of aromatic hydroxyl groups is 1. The van der Waals surface area contributed by atoms with Crippen molar-refractivity contribution in [2.24, 2.45) is 0 Å². The molecule has 1 aromatic rings. The molecule has 72 valence electrons. The molecule has 1 rings (SSSR count). The minimum absolute atomic E-state index is 0.0346. The van der Waals surface area contributed by atoms with E-state index >= 15 is 0 Å². The molecule has 0 aliphatic rings. The van der Waals surface area contributed by atoms with Crippen molar-refractivity contribution in [1.29, 1.82) is 5.26 Å². The number of hydrogen-bond acceptors (Lipinski definition) is 4. The van der Waals surface area contributed by atoms with Crippen molar-refractivity contribution in [2.45, 2.75) is 0 Å². The number of carbonyl (C=O) groups excluding carboxylic acids is 1. The molecule has 2 N–H and O–H groups in total. The van der Waals surface area contributed by atoms with E-state index in [1.54, 1.807) is 0 Å². The van der Waals surface area contributed by atoms with E-state index in [1.165, 1.54) is 31.5 Å². The van der Waals surface area contributed by atoms with E-state index in [4.69, 9.17) is 10.00 Å². The van der Waals surface area contributed by atoms with Gasteiger partial charge in [0, 0.05) is 6.07 Å². The number of benzene rings is 1. The molecule has 1 aromatic carbocycles. The fourth-order valence-corrected chi connectivity index (χ4v) is 0.949. The Morgan fingerprint density at radius 3 is 2.86 bits per heavy atom. The van der Waals surface area contributed by atoms with Crippen molar-refractivity contribution in [3.63, 3.8) is 0 Å². The summed E-state index contributed by atoms with van der Waals surface area (Å²) in [7, 11) is 1.45. The summed E-state index contributed by atoms with van der Waals surface area (Å²) in [6.45, 7) is 0. The second kappa shape index (κ2) is 4.14. The quantitative estimate of drug-likeness (QED) is 0.531. The van der Waals surface area contributed by atoms with Gasteiger partial charge in [0.1, 0.15) is 11.5 Å². The first kappa shape index (κ1) is 9.86. The van der Waals surface area contributed by atoms with Gasteiger partial charge in [-0.05, 0) is 12.1 Å². The van der Waals surface area contributed by atoms with Crippen LogP contribution in [0.3, 0.4) is 0 Å². The maximum atomic E-state index is 11.1. The number of rotatable bonds is 2. The molecule has 5 nitrogen and oxygen atoms in total. The van der Waals surface area contributed by atoms with Crippen LogP contribution in [0.5, 0.6) is 11.5 Å². The molecule has 0 aliphatic heterocycles. The maximum Gasteiger partial charge on any atom is 0.268 e. The van der Waals surface area contributed by atoms with Gasteiger partial charge in [-0.25, -0.2) is 0 Å². The summed E-state index contributed by atoms with van der Waals surface area (Å²) in [5.74, 6) is -0.430. The largest absolute Gasteiger partial charge is 0.507 e. The molecule has 14 heavy (non-hydrogen) atoms. The van der Waals surface area contributed by atoms with Crippen molar-refractivity contribution in [3.8, 4) is 17.7 Å². The van der Waals surface area contributed by atoms with Gasteiger partial charge in [0.05, 0.1) is 12.7 Å². The van der Waals surface area contributed by atoms with Crippen LogP contribution >= 0.6 is 0 Å². The third-order valence-corrected chi connectivity index (χ3v) is 1.62. The van der Waals surface area contributed by atoms with Crippen LogP contribution in [-0.2, 0) is 0 Å². The van der Waals surface area contributed by atoms with E-state index in [2.05, 4.69) is 0 Å². The van der Waals surface area contributed by atoms with Crippen LogP contribution in [0.1, 0.15) is 10.4 Å². The third-order valence-electron chi connectivity index (χ3n) is 1.62. The molecular weight excluding hydrogens is 184 g/mol. The monoisotopic (exact) mass is 192 g/mol. The van der Waals surface area contributed by atoms with E-state index in [9.17, 15) is 9.90 Å². The van der Waals surface area contributed by atoms with E-state index in [0.717, 1.165) is 0 Å². The van der Waals surface area contributed by atoms with Crippen LogP contribution in [0.4, 0.5) is 0 Å². The molecule has 0 saturated heterocycles. The number of ether oxygens (including phenoxy) is 1. The Kier molecular flexibility index (Phi) is 2.92. The fourth-order valence-electron chi connectivity index (χ4n) is 0.949. The number of carbonyl (C=O) groups is 1. The molecule has 5 heteroatoms. The highest BCUT2D eigenvalue weighted by Gasteiger charge is 2.10. The van der Waals surface area contributed by atoms with E-state index in [-0.39, 0.29) is 11.3 Å². The highest BCUT2D eigenvalue weighted by Crippen LogP contribution is 2.22. The number of hydrogen-bond donors (Lipinski definition) is 2. The highest BCUT2D eigenvalue weighted by molar-refractivity contribution is 5.97. The fraction of sp³-hybridized carbons (Fsp3) is 0.111. The zero-order valence-electron chi connectivity index (χ0n) is 7.44. The number of nitrogens with one attached hydrogen (secondary N) is 1. The van der Waals surface area contributed by atoms with Crippen molar-refractivity contribution in [2.75, 3.05) is 7.11 Å². The summed E-state index contributed by atoms with van der Waals surface area (Å²) in [6, 6.07) is 4.19. The van der Waals surface area contributed by atoms with Gasteiger partial charge in [-0.2, -0.15) is 5.26 Å². The van der Waals surface area contributed by atoms with Crippen LogP contribution in [0.15, 0.2) is 18.2 Å². The normalized spacial score (nSPS) is 8.86. The van der Waals surface area contributed by atoms with Gasteiger partial charge in [-0.15, -0.1) is 0 Å². The maximum absolute atomic E-state index is 11.1. The average Bonchev–Trinajstić information content (AvgIpc) is 2.17. The molecule has 0 saturated carbocycles. The number of phenolic OH excluding ortho intramolecular Hbond substituents is 1. The first-order valence-corrected chi connectivity index (χ1v) is 3.75. The zero-order valence-corrected chi connectivity index (χ0v) is 7.44. The van der Waals surface area contributed by atoms with Gasteiger partial charge in [0.2, 0.25) is 0 Å². The molecule has 0 radical (unpaired) electrons. The van der Waals surface area contributed by atoms with Crippen LogP contribution in [0.25, 0.3) is 0 Å². The molecular formula is C9H8N2O3. The Labute approximate surface area is 80.5 Å². The zero-order chi connectivity index (χ0) is 10.6. The summed E-state index contributed by atoms with van der Waals surface area (Å²) >= 11 is 0. The topological polar surface area (TPSA) is 82.3 Å². The number of amides is 1. The lowest BCUT2D eigenvalue weighted by Crippen LogP contribution is -2.17. The van der Waals surface area contributed by atoms with Crippen molar-refractivity contribution in [3.05, 3.63) is 23.8 Å². The summed E-state index contributed by atoms with van der Waals surface area (Å²) in [5.41, 5.74) is 0.0346. The van der Waals surface area contributed by atoms with Gasteiger partial charge >= 0.3 is 0 Å². The Morgan fingerprint density at radius 2 is 2.36 bits per heavy atom. The van der Waals surface area contributed by atoms with Crippen molar-refractivity contribution in [1.82, 2.24) is 5.32 Å². The Bertz CT molecular complexity index is 396. The third kappa shape index (κ3) is 1.93. The average molecular weight is 192 g/mol. The van der Waals surface area contributed by atoms with Gasteiger partial charge in [-0.3, -0.25) is 10.1 Å². The Morgan fingerprint density at radius 1 is 1.64 bits per heavy atom.